The molecule has 29 heavy (non-hydrogen) atoms. The summed E-state index contributed by atoms with van der Waals surface area (Å²) in [7, 11) is -1.59. The zero-order valence-corrected chi connectivity index (χ0v) is 17.4. The Kier molecular flexibility index (Phi) is 5.38. The molecular formula is C21H24N4O3S. The van der Waals surface area contributed by atoms with Crippen LogP contribution in [0, 0.1) is 0 Å². The van der Waals surface area contributed by atoms with Gasteiger partial charge in [-0.15, -0.1) is 0 Å². The summed E-state index contributed by atoms with van der Waals surface area (Å²) >= 11 is 0. The highest BCUT2D eigenvalue weighted by Crippen LogP contribution is 2.27. The molecule has 1 saturated heterocycles. The van der Waals surface area contributed by atoms with Crippen molar-refractivity contribution in [1.82, 2.24) is 14.9 Å². The second kappa shape index (κ2) is 7.96. The number of methoxy groups -OCH3 is 1. The van der Waals surface area contributed by atoms with Crippen LogP contribution in [0.1, 0.15) is 5.56 Å². The van der Waals surface area contributed by atoms with E-state index in [1.807, 2.05) is 18.2 Å². The number of hydrogen-bond acceptors (Lipinski definition) is 7. The standard InChI is InChI=1S/C21H24N4O3S/c1-28-20-6-4-3-5-16(20)14-24-9-11-25(12-10-24)21-18-13-17(29(2,26)27)7-8-19(18)22-15-23-21/h3-8,13,15H,9-12,14H2,1-2H3. The van der Waals surface area contributed by atoms with Gasteiger partial charge >= 0.3 is 0 Å². The fourth-order valence-corrected chi connectivity index (χ4v) is 4.34. The number of ether oxygens (including phenoxy) is 1. The van der Waals surface area contributed by atoms with Gasteiger partial charge in [0.1, 0.15) is 17.9 Å². The second-order valence-electron chi connectivity index (χ2n) is 7.22. The lowest BCUT2D eigenvalue weighted by atomic mass is 10.1. The van der Waals surface area contributed by atoms with E-state index in [0.29, 0.717) is 0 Å². The zero-order chi connectivity index (χ0) is 20.4. The van der Waals surface area contributed by atoms with Gasteiger partial charge < -0.3 is 9.64 Å². The minimum atomic E-state index is -3.29. The maximum atomic E-state index is 12.0. The van der Waals surface area contributed by atoms with Crippen LogP contribution in [0.3, 0.4) is 0 Å². The Morgan fingerprint density at radius 2 is 1.79 bits per heavy atom. The van der Waals surface area contributed by atoms with Crippen molar-refractivity contribution in [2.75, 3.05) is 44.4 Å². The molecule has 0 unspecified atom stereocenters. The summed E-state index contributed by atoms with van der Waals surface area (Å²) in [6.45, 7) is 4.22. The smallest absolute Gasteiger partial charge is 0.175 e. The normalized spacial score (nSPS) is 15.6. The first-order valence-corrected chi connectivity index (χ1v) is 11.4. The first-order chi connectivity index (χ1) is 14.0. The molecule has 8 heteroatoms. The van der Waals surface area contributed by atoms with Crippen molar-refractivity contribution in [3.05, 3.63) is 54.4 Å². The van der Waals surface area contributed by atoms with Crippen LogP contribution >= 0.6 is 0 Å². The Hall–Kier alpha value is -2.71. The molecule has 0 spiro atoms. The van der Waals surface area contributed by atoms with E-state index in [2.05, 4.69) is 25.8 Å². The lowest BCUT2D eigenvalue weighted by molar-refractivity contribution is 0.246. The monoisotopic (exact) mass is 412 g/mol. The third kappa shape index (κ3) is 4.18. The number of rotatable bonds is 5. The van der Waals surface area contributed by atoms with E-state index in [1.54, 1.807) is 31.6 Å². The number of para-hydroxylation sites is 1. The number of hydrogen-bond donors (Lipinski definition) is 0. The number of benzene rings is 2. The average Bonchev–Trinajstić information content (AvgIpc) is 2.73. The van der Waals surface area contributed by atoms with Crippen LogP contribution in [0.5, 0.6) is 5.75 Å². The largest absolute Gasteiger partial charge is 0.496 e. The highest BCUT2D eigenvalue weighted by Gasteiger charge is 2.21. The number of nitrogens with zero attached hydrogens (tertiary/aromatic N) is 4. The van der Waals surface area contributed by atoms with Crippen LogP contribution in [0.4, 0.5) is 5.82 Å². The molecule has 1 aliphatic rings. The van der Waals surface area contributed by atoms with Gasteiger partial charge in [-0.05, 0) is 24.3 Å². The molecule has 0 bridgehead atoms. The van der Waals surface area contributed by atoms with E-state index in [0.717, 1.165) is 55.2 Å². The molecule has 152 valence electrons. The first kappa shape index (κ1) is 19.6. The molecule has 1 fully saturated rings. The predicted octanol–water partition coefficient (Wildman–Crippen LogP) is 2.36. The molecule has 7 nitrogen and oxygen atoms in total. The molecule has 0 aliphatic carbocycles. The third-order valence-corrected chi connectivity index (χ3v) is 6.38. The predicted molar refractivity (Wildman–Crippen MR) is 113 cm³/mol. The molecule has 2 aromatic carbocycles. The summed E-state index contributed by atoms with van der Waals surface area (Å²) < 4.78 is 29.4. The highest BCUT2D eigenvalue weighted by atomic mass is 32.2. The quantitative estimate of drug-likeness (QED) is 0.637. The Balaban J connectivity index is 1.53. The molecule has 4 rings (SSSR count). The van der Waals surface area contributed by atoms with Gasteiger partial charge in [0.05, 0.1) is 17.5 Å². The highest BCUT2D eigenvalue weighted by molar-refractivity contribution is 7.90. The molecule has 0 saturated carbocycles. The van der Waals surface area contributed by atoms with Crippen molar-refractivity contribution in [1.29, 1.82) is 0 Å². The van der Waals surface area contributed by atoms with Gasteiger partial charge in [-0.2, -0.15) is 0 Å². The minimum absolute atomic E-state index is 0.288. The van der Waals surface area contributed by atoms with Crippen molar-refractivity contribution >= 4 is 26.6 Å². The van der Waals surface area contributed by atoms with Crippen molar-refractivity contribution in [2.24, 2.45) is 0 Å². The van der Waals surface area contributed by atoms with Gasteiger partial charge in [0.15, 0.2) is 9.84 Å². The van der Waals surface area contributed by atoms with E-state index >= 15 is 0 Å². The summed E-state index contributed by atoms with van der Waals surface area (Å²) in [5.74, 6) is 1.70. The van der Waals surface area contributed by atoms with Crippen LogP contribution in [0.15, 0.2) is 53.7 Å². The molecule has 3 aromatic rings. The maximum absolute atomic E-state index is 12.0. The lowest BCUT2D eigenvalue weighted by Crippen LogP contribution is -2.46. The van der Waals surface area contributed by atoms with Crippen LogP contribution in [-0.2, 0) is 16.4 Å². The summed E-state index contributed by atoms with van der Waals surface area (Å²) in [5, 5.41) is 0.772. The third-order valence-electron chi connectivity index (χ3n) is 5.27. The molecule has 0 radical (unpaired) electrons. The topological polar surface area (TPSA) is 75.6 Å². The van der Waals surface area contributed by atoms with E-state index in [9.17, 15) is 8.42 Å². The van der Waals surface area contributed by atoms with E-state index in [4.69, 9.17) is 4.74 Å². The van der Waals surface area contributed by atoms with Crippen LogP contribution in [0.25, 0.3) is 10.9 Å². The zero-order valence-electron chi connectivity index (χ0n) is 16.6. The molecule has 0 amide bonds. The number of piperazine rings is 1. The van der Waals surface area contributed by atoms with Gasteiger partial charge in [-0.25, -0.2) is 18.4 Å². The van der Waals surface area contributed by atoms with Gasteiger partial charge in [0.2, 0.25) is 0 Å². The molecular weight excluding hydrogens is 388 g/mol. The number of sulfone groups is 1. The molecule has 1 aliphatic heterocycles. The van der Waals surface area contributed by atoms with E-state index < -0.39 is 9.84 Å². The SMILES string of the molecule is COc1ccccc1CN1CCN(c2ncnc3ccc(S(C)(=O)=O)cc23)CC1. The molecule has 2 heterocycles. The summed E-state index contributed by atoms with van der Waals surface area (Å²) in [4.78, 5) is 13.6. The number of aromatic nitrogens is 2. The Morgan fingerprint density at radius 1 is 1.03 bits per heavy atom. The van der Waals surface area contributed by atoms with Gasteiger partial charge in [0, 0.05) is 49.9 Å². The summed E-state index contributed by atoms with van der Waals surface area (Å²) in [6.07, 6.45) is 2.76. The molecule has 0 N–H and O–H groups in total. The van der Waals surface area contributed by atoms with E-state index in [-0.39, 0.29) is 4.90 Å². The van der Waals surface area contributed by atoms with Crippen molar-refractivity contribution in [2.45, 2.75) is 11.4 Å². The van der Waals surface area contributed by atoms with E-state index in [1.165, 1.54) is 11.8 Å². The minimum Gasteiger partial charge on any atom is -0.496 e. The average molecular weight is 413 g/mol. The lowest BCUT2D eigenvalue weighted by Gasteiger charge is -2.36. The fourth-order valence-electron chi connectivity index (χ4n) is 3.70. The van der Waals surface area contributed by atoms with Crippen molar-refractivity contribution < 1.29 is 13.2 Å². The van der Waals surface area contributed by atoms with Crippen molar-refractivity contribution in [3.63, 3.8) is 0 Å². The fraction of sp³-hybridized carbons (Fsp3) is 0.333. The van der Waals surface area contributed by atoms with Crippen LogP contribution < -0.4 is 9.64 Å². The number of anilines is 1. The van der Waals surface area contributed by atoms with Crippen LogP contribution in [0.2, 0.25) is 0 Å². The second-order valence-corrected chi connectivity index (χ2v) is 9.24. The van der Waals surface area contributed by atoms with Crippen molar-refractivity contribution in [3.8, 4) is 5.75 Å². The first-order valence-electron chi connectivity index (χ1n) is 9.50. The van der Waals surface area contributed by atoms with Gasteiger partial charge in [-0.1, -0.05) is 18.2 Å². The Morgan fingerprint density at radius 3 is 2.52 bits per heavy atom. The summed E-state index contributed by atoms with van der Waals surface area (Å²) in [6, 6.07) is 13.1. The van der Waals surface area contributed by atoms with Gasteiger partial charge in [0.25, 0.3) is 0 Å². The van der Waals surface area contributed by atoms with Crippen LogP contribution in [-0.4, -0.2) is 62.8 Å². The Bertz CT molecular complexity index is 1130. The molecule has 0 atom stereocenters. The van der Waals surface area contributed by atoms with Gasteiger partial charge in [-0.3, -0.25) is 4.90 Å². The Labute approximate surface area is 170 Å². The maximum Gasteiger partial charge on any atom is 0.175 e. The number of fused-ring (bicyclic) bond motifs is 1. The molecule has 1 aromatic heterocycles. The summed E-state index contributed by atoms with van der Waals surface area (Å²) in [5.41, 5.74) is 1.92.